The summed E-state index contributed by atoms with van der Waals surface area (Å²) in [4.78, 5) is 3.69. The highest BCUT2D eigenvalue weighted by Gasteiger charge is 2.48. The van der Waals surface area contributed by atoms with Gasteiger partial charge < -0.3 is 44.1 Å². The van der Waals surface area contributed by atoms with Crippen molar-refractivity contribution in [3.63, 3.8) is 0 Å². The molecular formula is C21H27NO9S. The monoisotopic (exact) mass is 469 g/mol. The standard InChI is InChI=1S/C21H27NO9S/c1-11-18(31-20-17(26)19(27-2)14(23)9-28-20)15(24)16(25)21(29-11)30-13-5-3-12(4-6-13)7-8-22-10-32/h3-8,11,14-21,23-26H,9H2,1-2H3. The molecule has 3 rings (SSSR count). The Kier molecular flexibility index (Phi) is 8.86. The van der Waals surface area contributed by atoms with Gasteiger partial charge >= 0.3 is 0 Å². The molecule has 0 bridgehead atoms. The molecule has 4 N–H and O–H groups in total. The van der Waals surface area contributed by atoms with Crippen molar-refractivity contribution < 1.29 is 44.1 Å². The van der Waals surface area contributed by atoms with E-state index in [1.165, 1.54) is 13.3 Å². The van der Waals surface area contributed by atoms with Crippen molar-refractivity contribution in [2.45, 2.75) is 62.2 Å². The van der Waals surface area contributed by atoms with Crippen LogP contribution in [0.4, 0.5) is 0 Å². The van der Waals surface area contributed by atoms with Crippen LogP contribution in [-0.4, -0.2) is 94.6 Å². The number of benzene rings is 1. The highest BCUT2D eigenvalue weighted by Crippen LogP contribution is 2.29. The number of aliphatic hydroxyl groups excluding tert-OH is 4. The van der Waals surface area contributed by atoms with Crippen LogP contribution in [0.25, 0.3) is 6.08 Å². The Labute approximate surface area is 190 Å². The Morgan fingerprint density at radius 1 is 1.06 bits per heavy atom. The van der Waals surface area contributed by atoms with Crippen molar-refractivity contribution in [2.24, 2.45) is 4.99 Å². The first-order valence-electron chi connectivity index (χ1n) is 10.0. The maximum atomic E-state index is 10.6. The number of nitrogens with zero attached hydrogens (tertiary/aromatic N) is 1. The molecule has 2 aliphatic heterocycles. The van der Waals surface area contributed by atoms with Crippen molar-refractivity contribution in [3.05, 3.63) is 36.0 Å². The minimum atomic E-state index is -1.43. The molecule has 0 saturated carbocycles. The lowest BCUT2D eigenvalue weighted by molar-refractivity contribution is -0.335. The smallest absolute Gasteiger partial charge is 0.229 e. The molecule has 2 saturated heterocycles. The average Bonchev–Trinajstić information content (AvgIpc) is 2.78. The maximum Gasteiger partial charge on any atom is 0.229 e. The highest BCUT2D eigenvalue weighted by molar-refractivity contribution is 7.78. The SMILES string of the molecule is COC1C(O)COC(OC2C(C)OC(Oc3ccc(C=CN=C=S)cc3)C(O)C2O)C1O. The predicted octanol–water partition coefficient (Wildman–Crippen LogP) is 0.0838. The van der Waals surface area contributed by atoms with Gasteiger partial charge in [-0.05, 0) is 42.9 Å². The van der Waals surface area contributed by atoms with Gasteiger partial charge in [-0.25, -0.2) is 4.99 Å². The predicted molar refractivity (Wildman–Crippen MR) is 115 cm³/mol. The quantitative estimate of drug-likeness (QED) is 0.321. The zero-order valence-corrected chi connectivity index (χ0v) is 18.4. The first-order valence-corrected chi connectivity index (χ1v) is 10.4. The van der Waals surface area contributed by atoms with Crippen molar-refractivity contribution in [1.82, 2.24) is 0 Å². The highest BCUT2D eigenvalue weighted by atomic mass is 32.1. The van der Waals surface area contributed by atoms with Crippen LogP contribution in [0.1, 0.15) is 12.5 Å². The van der Waals surface area contributed by atoms with E-state index in [1.807, 2.05) is 0 Å². The molecule has 2 heterocycles. The lowest BCUT2D eigenvalue weighted by Gasteiger charge is -2.44. The second kappa shape index (κ2) is 11.4. The summed E-state index contributed by atoms with van der Waals surface area (Å²) in [5, 5.41) is 43.6. The number of aliphatic imine (C=N–C) groups is 1. The fraction of sp³-hybridized carbons (Fsp3) is 0.571. The molecule has 176 valence electrons. The van der Waals surface area contributed by atoms with Crippen LogP contribution in [0.15, 0.2) is 35.5 Å². The van der Waals surface area contributed by atoms with Crippen LogP contribution < -0.4 is 4.74 Å². The topological polar surface area (TPSA) is 139 Å². The van der Waals surface area contributed by atoms with Crippen LogP contribution in [0.2, 0.25) is 0 Å². The fourth-order valence-corrected chi connectivity index (χ4v) is 3.64. The fourth-order valence-electron chi connectivity index (χ4n) is 3.58. The summed E-state index contributed by atoms with van der Waals surface area (Å²) in [6.07, 6.45) is -6.86. The maximum absolute atomic E-state index is 10.6. The first-order chi connectivity index (χ1) is 15.3. The van der Waals surface area contributed by atoms with Gasteiger partial charge in [-0.1, -0.05) is 12.1 Å². The number of hydrogen-bond acceptors (Lipinski definition) is 11. The van der Waals surface area contributed by atoms with Gasteiger partial charge in [0, 0.05) is 13.3 Å². The average molecular weight is 470 g/mol. The molecule has 0 radical (unpaired) electrons. The molecule has 0 spiro atoms. The van der Waals surface area contributed by atoms with Gasteiger partial charge in [0.15, 0.2) is 6.29 Å². The molecule has 11 heteroatoms. The van der Waals surface area contributed by atoms with Crippen LogP contribution in [-0.2, 0) is 18.9 Å². The second-order valence-electron chi connectivity index (χ2n) is 7.47. The van der Waals surface area contributed by atoms with Crippen molar-refractivity contribution in [3.8, 4) is 5.75 Å². The van der Waals surface area contributed by atoms with E-state index in [0.717, 1.165) is 5.56 Å². The molecule has 0 amide bonds. The number of rotatable bonds is 7. The largest absolute Gasteiger partial charge is 0.462 e. The molecule has 0 aliphatic carbocycles. The zero-order chi connectivity index (χ0) is 23.3. The van der Waals surface area contributed by atoms with E-state index in [2.05, 4.69) is 22.4 Å². The van der Waals surface area contributed by atoms with E-state index >= 15 is 0 Å². The lowest BCUT2D eigenvalue weighted by Crippen LogP contribution is -2.62. The minimum absolute atomic E-state index is 0.115. The van der Waals surface area contributed by atoms with Crippen molar-refractivity contribution >= 4 is 23.5 Å². The number of thiocarbonyl (C=S) groups is 1. The molecule has 9 unspecified atom stereocenters. The van der Waals surface area contributed by atoms with Gasteiger partial charge in [-0.3, -0.25) is 0 Å². The zero-order valence-electron chi connectivity index (χ0n) is 17.6. The normalized spacial score (nSPS) is 37.8. The summed E-state index contributed by atoms with van der Waals surface area (Å²) in [5.74, 6) is 0.422. The summed E-state index contributed by atoms with van der Waals surface area (Å²) in [6.45, 7) is 1.52. The molecule has 2 fully saturated rings. The molecule has 32 heavy (non-hydrogen) atoms. The third-order valence-corrected chi connectivity index (χ3v) is 5.40. The lowest BCUT2D eigenvalue weighted by atomic mass is 9.99. The van der Waals surface area contributed by atoms with Gasteiger partial charge in [0.1, 0.15) is 42.4 Å². The molecule has 9 atom stereocenters. The Bertz CT molecular complexity index is 816. The minimum Gasteiger partial charge on any atom is -0.462 e. The molecule has 0 aromatic heterocycles. The van der Waals surface area contributed by atoms with Gasteiger partial charge in [0.25, 0.3) is 0 Å². The number of ether oxygens (including phenoxy) is 5. The van der Waals surface area contributed by atoms with E-state index < -0.39 is 55.3 Å². The third-order valence-electron chi connectivity index (χ3n) is 5.29. The van der Waals surface area contributed by atoms with E-state index in [0.29, 0.717) is 5.75 Å². The molecule has 1 aromatic rings. The van der Waals surface area contributed by atoms with Gasteiger partial charge in [0.2, 0.25) is 6.29 Å². The number of methoxy groups -OCH3 is 1. The summed E-state index contributed by atoms with van der Waals surface area (Å²) in [6, 6.07) is 6.90. The summed E-state index contributed by atoms with van der Waals surface area (Å²) in [5.41, 5.74) is 0.851. The molecular weight excluding hydrogens is 442 g/mol. The van der Waals surface area contributed by atoms with Crippen molar-refractivity contribution in [1.29, 1.82) is 0 Å². The molecule has 1 aromatic carbocycles. The number of isothiocyanates is 1. The summed E-state index contributed by atoms with van der Waals surface area (Å²) < 4.78 is 27.5. The van der Waals surface area contributed by atoms with E-state index in [9.17, 15) is 20.4 Å². The number of hydrogen-bond donors (Lipinski definition) is 4. The van der Waals surface area contributed by atoms with Crippen LogP contribution in [0.3, 0.4) is 0 Å². The van der Waals surface area contributed by atoms with Crippen LogP contribution >= 0.6 is 12.2 Å². The third kappa shape index (κ3) is 5.77. The Morgan fingerprint density at radius 2 is 1.78 bits per heavy atom. The Balaban J connectivity index is 1.61. The second-order valence-corrected chi connectivity index (χ2v) is 7.66. The van der Waals surface area contributed by atoms with E-state index in [-0.39, 0.29) is 6.61 Å². The first kappa shape index (κ1) is 24.9. The van der Waals surface area contributed by atoms with Gasteiger partial charge in [-0.15, -0.1) is 0 Å². The van der Waals surface area contributed by atoms with E-state index in [1.54, 1.807) is 37.3 Å². The van der Waals surface area contributed by atoms with E-state index in [4.69, 9.17) is 23.7 Å². The Hall–Kier alpha value is -1.76. The Morgan fingerprint density at radius 3 is 2.44 bits per heavy atom. The van der Waals surface area contributed by atoms with Gasteiger partial charge in [-0.2, -0.15) is 0 Å². The summed E-state index contributed by atoms with van der Waals surface area (Å²) in [7, 11) is 1.35. The van der Waals surface area contributed by atoms with Crippen LogP contribution in [0.5, 0.6) is 5.75 Å². The number of aliphatic hydroxyl groups is 4. The summed E-state index contributed by atoms with van der Waals surface area (Å²) >= 11 is 4.49. The van der Waals surface area contributed by atoms with Crippen molar-refractivity contribution in [2.75, 3.05) is 13.7 Å². The molecule has 10 nitrogen and oxygen atoms in total. The molecule has 2 aliphatic rings. The van der Waals surface area contributed by atoms with Crippen LogP contribution in [0, 0.1) is 0 Å². The van der Waals surface area contributed by atoms with Gasteiger partial charge in [0.05, 0.1) is 17.9 Å².